The molecular formula is C11H10F2N4O2. The van der Waals surface area contributed by atoms with Crippen molar-refractivity contribution < 1.29 is 18.7 Å². The van der Waals surface area contributed by atoms with E-state index in [0.29, 0.717) is 11.9 Å². The number of carboxylic acids is 1. The molecule has 1 aromatic heterocycles. The van der Waals surface area contributed by atoms with Crippen molar-refractivity contribution in [2.24, 2.45) is 0 Å². The third kappa shape index (κ3) is 2.28. The highest BCUT2D eigenvalue weighted by Crippen LogP contribution is 2.21. The average molecular weight is 268 g/mol. The Morgan fingerprint density at radius 3 is 2.53 bits per heavy atom. The van der Waals surface area contributed by atoms with E-state index in [1.807, 2.05) is 0 Å². The van der Waals surface area contributed by atoms with Crippen molar-refractivity contribution in [1.82, 2.24) is 20.2 Å². The zero-order chi connectivity index (χ0) is 14.2. The Bertz CT molecular complexity index is 640. The van der Waals surface area contributed by atoms with Crippen molar-refractivity contribution in [1.29, 1.82) is 0 Å². The molecular weight excluding hydrogens is 258 g/mol. The van der Waals surface area contributed by atoms with Crippen LogP contribution in [0.25, 0.3) is 5.69 Å². The van der Waals surface area contributed by atoms with Crippen molar-refractivity contribution in [2.45, 2.75) is 19.8 Å². The molecule has 0 radical (unpaired) electrons. The number of rotatable bonds is 3. The van der Waals surface area contributed by atoms with E-state index in [9.17, 15) is 13.6 Å². The van der Waals surface area contributed by atoms with Gasteiger partial charge in [0.25, 0.3) is 0 Å². The number of benzene rings is 1. The lowest BCUT2D eigenvalue weighted by molar-refractivity contribution is 0.0696. The van der Waals surface area contributed by atoms with Crippen molar-refractivity contribution in [3.05, 3.63) is 35.2 Å². The van der Waals surface area contributed by atoms with Gasteiger partial charge < -0.3 is 5.11 Å². The molecule has 0 bridgehead atoms. The van der Waals surface area contributed by atoms with Crippen molar-refractivity contribution in [2.75, 3.05) is 0 Å². The largest absolute Gasteiger partial charge is 0.478 e. The summed E-state index contributed by atoms with van der Waals surface area (Å²) in [6.07, 6.45) is 0. The average Bonchev–Trinajstić information content (AvgIpc) is 2.80. The number of halogens is 2. The zero-order valence-electron chi connectivity index (χ0n) is 10.1. The molecule has 0 saturated carbocycles. The maximum Gasteiger partial charge on any atom is 0.338 e. The maximum absolute atomic E-state index is 13.3. The summed E-state index contributed by atoms with van der Waals surface area (Å²) in [7, 11) is 0. The molecule has 2 rings (SSSR count). The second-order valence-corrected chi connectivity index (χ2v) is 4.19. The second kappa shape index (κ2) is 4.71. The molecule has 0 fully saturated rings. The summed E-state index contributed by atoms with van der Waals surface area (Å²) in [5, 5.41) is 19.8. The van der Waals surface area contributed by atoms with Crippen molar-refractivity contribution >= 4 is 5.97 Å². The zero-order valence-corrected chi connectivity index (χ0v) is 10.1. The minimum atomic E-state index is -1.39. The van der Waals surface area contributed by atoms with E-state index in [2.05, 4.69) is 15.5 Å². The van der Waals surface area contributed by atoms with E-state index in [-0.39, 0.29) is 11.6 Å². The first-order chi connectivity index (χ1) is 8.91. The number of aromatic carboxylic acids is 1. The fourth-order valence-corrected chi connectivity index (χ4v) is 1.61. The summed E-state index contributed by atoms with van der Waals surface area (Å²) >= 11 is 0. The van der Waals surface area contributed by atoms with E-state index >= 15 is 0 Å². The molecule has 0 amide bonds. The number of hydrogen-bond donors (Lipinski definition) is 1. The first-order valence-corrected chi connectivity index (χ1v) is 5.42. The summed E-state index contributed by atoms with van der Waals surface area (Å²) in [6.45, 7) is 3.59. The van der Waals surface area contributed by atoms with Gasteiger partial charge >= 0.3 is 5.97 Å². The van der Waals surface area contributed by atoms with Crippen LogP contribution in [0.1, 0.15) is 35.9 Å². The number of hydrogen-bond acceptors (Lipinski definition) is 4. The molecule has 0 aliphatic rings. The third-order valence-electron chi connectivity index (χ3n) is 2.51. The van der Waals surface area contributed by atoms with E-state index in [1.54, 1.807) is 13.8 Å². The molecule has 1 heterocycles. The van der Waals surface area contributed by atoms with Gasteiger partial charge in [-0.05, 0) is 16.5 Å². The van der Waals surface area contributed by atoms with Gasteiger partial charge in [-0.25, -0.2) is 13.6 Å². The summed E-state index contributed by atoms with van der Waals surface area (Å²) in [6, 6.07) is 1.37. The Morgan fingerprint density at radius 1 is 1.32 bits per heavy atom. The predicted molar refractivity (Wildman–Crippen MR) is 60.1 cm³/mol. The first-order valence-electron chi connectivity index (χ1n) is 5.42. The molecule has 1 aromatic carbocycles. The van der Waals surface area contributed by atoms with Gasteiger partial charge in [0.2, 0.25) is 0 Å². The monoisotopic (exact) mass is 268 g/mol. The highest BCUT2D eigenvalue weighted by molar-refractivity contribution is 5.91. The Labute approximate surface area is 106 Å². The summed E-state index contributed by atoms with van der Waals surface area (Å²) in [5.41, 5.74) is -0.520. The Kier molecular flexibility index (Phi) is 3.24. The van der Waals surface area contributed by atoms with E-state index in [0.717, 1.165) is 10.7 Å². The van der Waals surface area contributed by atoms with Gasteiger partial charge in [0.05, 0.1) is 11.3 Å². The van der Waals surface area contributed by atoms with Crippen LogP contribution in [0.5, 0.6) is 0 Å². The normalized spacial score (nSPS) is 11.0. The quantitative estimate of drug-likeness (QED) is 0.917. The molecule has 2 aromatic rings. The van der Waals surface area contributed by atoms with Crippen LogP contribution in [-0.2, 0) is 0 Å². The van der Waals surface area contributed by atoms with Crippen LogP contribution in [0, 0.1) is 11.6 Å². The molecule has 19 heavy (non-hydrogen) atoms. The van der Waals surface area contributed by atoms with Crippen LogP contribution in [0.4, 0.5) is 8.78 Å². The van der Waals surface area contributed by atoms with Gasteiger partial charge in [0.1, 0.15) is 0 Å². The topological polar surface area (TPSA) is 80.9 Å². The van der Waals surface area contributed by atoms with E-state index in [1.165, 1.54) is 0 Å². The standard InChI is InChI=1S/C11H10F2N4O2/c1-5(2)10-14-15-16-17(10)9-4-8(13)7(12)3-6(9)11(18)19/h3-5H,1-2H3,(H,18,19). The molecule has 8 heteroatoms. The van der Waals surface area contributed by atoms with Crippen LogP contribution >= 0.6 is 0 Å². The van der Waals surface area contributed by atoms with Crippen molar-refractivity contribution in [3.63, 3.8) is 0 Å². The van der Waals surface area contributed by atoms with Crippen LogP contribution in [0.2, 0.25) is 0 Å². The molecule has 1 N–H and O–H groups in total. The summed E-state index contributed by atoms with van der Waals surface area (Å²) in [5.74, 6) is -3.54. The maximum atomic E-state index is 13.3. The molecule has 0 aliphatic carbocycles. The van der Waals surface area contributed by atoms with Crippen LogP contribution in [0.15, 0.2) is 12.1 Å². The summed E-state index contributed by atoms with van der Waals surface area (Å²) in [4.78, 5) is 11.1. The highest BCUT2D eigenvalue weighted by atomic mass is 19.2. The minimum Gasteiger partial charge on any atom is -0.478 e. The number of tetrazole rings is 1. The van der Waals surface area contributed by atoms with Gasteiger partial charge in [0.15, 0.2) is 17.5 Å². The fraction of sp³-hybridized carbons (Fsp3) is 0.273. The lowest BCUT2D eigenvalue weighted by atomic mass is 10.1. The second-order valence-electron chi connectivity index (χ2n) is 4.19. The van der Waals surface area contributed by atoms with Gasteiger partial charge in [0, 0.05) is 12.0 Å². The summed E-state index contributed by atoms with van der Waals surface area (Å²) < 4.78 is 27.5. The van der Waals surface area contributed by atoms with Gasteiger partial charge in [-0.2, -0.15) is 4.68 Å². The van der Waals surface area contributed by atoms with Crippen molar-refractivity contribution in [3.8, 4) is 5.69 Å². The highest BCUT2D eigenvalue weighted by Gasteiger charge is 2.21. The van der Waals surface area contributed by atoms with Crippen LogP contribution in [-0.4, -0.2) is 31.3 Å². The molecule has 100 valence electrons. The number of carboxylic acid groups (broad SMARTS) is 1. The predicted octanol–water partition coefficient (Wildman–Crippen LogP) is 1.76. The van der Waals surface area contributed by atoms with E-state index < -0.39 is 23.2 Å². The Hall–Kier alpha value is -2.38. The molecule has 0 spiro atoms. The van der Waals surface area contributed by atoms with Gasteiger partial charge in [-0.3, -0.25) is 0 Å². The Balaban J connectivity index is 2.70. The smallest absolute Gasteiger partial charge is 0.338 e. The third-order valence-corrected chi connectivity index (χ3v) is 2.51. The molecule has 0 unspecified atom stereocenters. The number of carbonyl (C=O) groups is 1. The molecule has 6 nitrogen and oxygen atoms in total. The molecule has 0 saturated heterocycles. The SMILES string of the molecule is CC(C)c1nnnn1-c1cc(F)c(F)cc1C(=O)O. The minimum absolute atomic E-state index is 0.107. The fourth-order valence-electron chi connectivity index (χ4n) is 1.61. The van der Waals surface area contributed by atoms with E-state index in [4.69, 9.17) is 5.11 Å². The lowest BCUT2D eigenvalue weighted by Crippen LogP contribution is -2.12. The number of nitrogens with zero attached hydrogens (tertiary/aromatic N) is 4. The van der Waals surface area contributed by atoms with Gasteiger partial charge in [-0.15, -0.1) is 5.10 Å². The molecule has 0 atom stereocenters. The van der Waals surface area contributed by atoms with Crippen LogP contribution < -0.4 is 0 Å². The van der Waals surface area contributed by atoms with Gasteiger partial charge in [-0.1, -0.05) is 13.8 Å². The lowest BCUT2D eigenvalue weighted by Gasteiger charge is -2.10. The first kappa shape index (κ1) is 13.1. The number of aromatic nitrogens is 4. The Morgan fingerprint density at radius 2 is 1.95 bits per heavy atom. The van der Waals surface area contributed by atoms with Crippen LogP contribution in [0.3, 0.4) is 0 Å². The molecule has 0 aliphatic heterocycles.